The minimum atomic E-state index is -0.372. The number of amides is 1. The molecule has 0 saturated heterocycles. The summed E-state index contributed by atoms with van der Waals surface area (Å²) in [4.78, 5) is 23.8. The van der Waals surface area contributed by atoms with Crippen molar-refractivity contribution in [2.75, 3.05) is 26.9 Å². The van der Waals surface area contributed by atoms with E-state index >= 15 is 0 Å². The zero-order chi connectivity index (χ0) is 22.9. The summed E-state index contributed by atoms with van der Waals surface area (Å²) in [6.07, 6.45) is 1.93. The largest absolute Gasteiger partial charge is 0.493 e. The summed E-state index contributed by atoms with van der Waals surface area (Å²) in [5.74, 6) is 0.336. The van der Waals surface area contributed by atoms with Crippen molar-refractivity contribution in [1.82, 2.24) is 5.01 Å². The fraction of sp³-hybridized carbons (Fsp3) is 0.250. The molecule has 0 atom stereocenters. The predicted octanol–water partition coefficient (Wildman–Crippen LogP) is 3.18. The molecule has 0 aromatic heterocycles. The van der Waals surface area contributed by atoms with Crippen LogP contribution in [-0.4, -0.2) is 49.5 Å². The Kier molecular flexibility index (Phi) is 7.60. The zero-order valence-corrected chi connectivity index (χ0v) is 17.9. The molecule has 8 nitrogen and oxygen atoms in total. The Morgan fingerprint density at radius 3 is 2.62 bits per heavy atom. The maximum atomic E-state index is 13.0. The number of carbonyl (C=O) groups excluding carboxylic acids is 2. The van der Waals surface area contributed by atoms with Crippen LogP contribution in [0.1, 0.15) is 24.5 Å². The molecule has 0 bridgehead atoms. The Morgan fingerprint density at radius 1 is 1.16 bits per heavy atom. The van der Waals surface area contributed by atoms with E-state index in [1.807, 2.05) is 36.4 Å². The lowest BCUT2D eigenvalue weighted by molar-refractivity contribution is -0.141. The van der Waals surface area contributed by atoms with Crippen LogP contribution in [0.25, 0.3) is 6.08 Å². The van der Waals surface area contributed by atoms with E-state index in [0.717, 1.165) is 11.1 Å². The van der Waals surface area contributed by atoms with Crippen molar-refractivity contribution in [2.24, 2.45) is 5.10 Å². The van der Waals surface area contributed by atoms with Gasteiger partial charge in [-0.25, -0.2) is 5.01 Å². The SMILES string of the molecule is COc1cc(C=C2C(=O)N(CCC#N)N=C2c2ccccc2)ccc1OCCOC(C)=O. The monoisotopic (exact) mass is 433 g/mol. The molecule has 1 amide bonds. The van der Waals surface area contributed by atoms with Gasteiger partial charge in [-0.15, -0.1) is 0 Å². The van der Waals surface area contributed by atoms with Gasteiger partial charge < -0.3 is 14.2 Å². The lowest BCUT2D eigenvalue weighted by Gasteiger charge is -2.12. The van der Waals surface area contributed by atoms with Crippen LogP contribution in [0, 0.1) is 11.3 Å². The molecular formula is C24H23N3O5. The number of hydrogen-bond acceptors (Lipinski definition) is 7. The number of rotatable bonds is 9. The van der Waals surface area contributed by atoms with E-state index in [1.165, 1.54) is 19.0 Å². The van der Waals surface area contributed by atoms with Gasteiger partial charge in [0, 0.05) is 12.5 Å². The lowest BCUT2D eigenvalue weighted by Crippen LogP contribution is -2.23. The third-order valence-electron chi connectivity index (χ3n) is 4.57. The van der Waals surface area contributed by atoms with E-state index < -0.39 is 0 Å². The quantitative estimate of drug-likeness (QED) is 0.342. The highest BCUT2D eigenvalue weighted by atomic mass is 16.6. The highest BCUT2D eigenvalue weighted by Crippen LogP contribution is 2.30. The molecule has 1 aliphatic rings. The molecule has 3 rings (SSSR count). The summed E-state index contributed by atoms with van der Waals surface area (Å²) in [7, 11) is 1.52. The van der Waals surface area contributed by atoms with Crippen molar-refractivity contribution >= 4 is 23.7 Å². The summed E-state index contributed by atoms with van der Waals surface area (Å²) in [5.41, 5.74) is 2.51. The van der Waals surface area contributed by atoms with Gasteiger partial charge in [0.25, 0.3) is 5.91 Å². The average molecular weight is 433 g/mol. The van der Waals surface area contributed by atoms with Crippen LogP contribution in [0.4, 0.5) is 0 Å². The molecule has 8 heteroatoms. The maximum absolute atomic E-state index is 13.0. The molecule has 1 aliphatic heterocycles. The van der Waals surface area contributed by atoms with E-state index in [2.05, 4.69) is 5.10 Å². The molecule has 0 unspecified atom stereocenters. The van der Waals surface area contributed by atoms with Gasteiger partial charge in [0.05, 0.1) is 31.7 Å². The molecule has 32 heavy (non-hydrogen) atoms. The first-order chi connectivity index (χ1) is 15.5. The molecule has 0 spiro atoms. The summed E-state index contributed by atoms with van der Waals surface area (Å²) in [6.45, 7) is 1.88. The van der Waals surface area contributed by atoms with Gasteiger partial charge in [-0.3, -0.25) is 9.59 Å². The first-order valence-corrected chi connectivity index (χ1v) is 10.0. The number of hydrogen-bond donors (Lipinski definition) is 0. The maximum Gasteiger partial charge on any atom is 0.302 e. The number of hydrazone groups is 1. The number of methoxy groups -OCH3 is 1. The van der Waals surface area contributed by atoms with Crippen molar-refractivity contribution < 1.29 is 23.8 Å². The molecular weight excluding hydrogens is 410 g/mol. The van der Waals surface area contributed by atoms with Crippen LogP contribution in [-0.2, 0) is 14.3 Å². The second kappa shape index (κ2) is 10.8. The Labute approximate surface area is 186 Å². The topological polar surface area (TPSA) is 101 Å². The number of benzene rings is 2. The molecule has 0 saturated carbocycles. The Morgan fingerprint density at radius 2 is 1.94 bits per heavy atom. The highest BCUT2D eigenvalue weighted by Gasteiger charge is 2.30. The number of ether oxygens (including phenoxy) is 3. The van der Waals surface area contributed by atoms with E-state index in [4.69, 9.17) is 19.5 Å². The molecule has 0 aliphatic carbocycles. The summed E-state index contributed by atoms with van der Waals surface area (Å²) in [6, 6.07) is 16.7. The normalized spacial score (nSPS) is 14.2. The van der Waals surface area contributed by atoms with Gasteiger partial charge in [-0.2, -0.15) is 10.4 Å². The molecule has 2 aromatic carbocycles. The van der Waals surface area contributed by atoms with Gasteiger partial charge in [-0.1, -0.05) is 36.4 Å². The standard InChI is InChI=1S/C24H23N3O5/c1-17(28)31-13-14-32-21-10-9-18(16-22(21)30-2)15-20-23(19-7-4-3-5-8-19)26-27(24(20)29)12-6-11-25/h3-5,7-10,15-16H,6,12-14H2,1-2H3. The second-order valence-corrected chi connectivity index (χ2v) is 6.81. The number of nitrogens with zero attached hydrogens (tertiary/aromatic N) is 3. The van der Waals surface area contributed by atoms with Crippen LogP contribution >= 0.6 is 0 Å². The first kappa shape index (κ1) is 22.6. The van der Waals surface area contributed by atoms with Crippen molar-refractivity contribution in [3.63, 3.8) is 0 Å². The summed E-state index contributed by atoms with van der Waals surface area (Å²) < 4.78 is 15.9. The Bertz CT molecular complexity index is 1090. The second-order valence-electron chi connectivity index (χ2n) is 6.81. The molecule has 0 N–H and O–H groups in total. The van der Waals surface area contributed by atoms with E-state index in [0.29, 0.717) is 22.8 Å². The van der Waals surface area contributed by atoms with Crippen molar-refractivity contribution in [1.29, 1.82) is 5.26 Å². The van der Waals surface area contributed by atoms with Crippen molar-refractivity contribution in [3.05, 3.63) is 65.2 Å². The smallest absolute Gasteiger partial charge is 0.302 e. The van der Waals surface area contributed by atoms with Crippen LogP contribution in [0.3, 0.4) is 0 Å². The van der Waals surface area contributed by atoms with Gasteiger partial charge >= 0.3 is 5.97 Å². The summed E-state index contributed by atoms with van der Waals surface area (Å²) in [5, 5.41) is 14.7. The molecule has 0 radical (unpaired) electrons. The molecule has 2 aromatic rings. The van der Waals surface area contributed by atoms with Crippen LogP contribution in [0.2, 0.25) is 0 Å². The van der Waals surface area contributed by atoms with Crippen LogP contribution < -0.4 is 9.47 Å². The minimum Gasteiger partial charge on any atom is -0.493 e. The van der Waals surface area contributed by atoms with Gasteiger partial charge in [0.15, 0.2) is 11.5 Å². The van der Waals surface area contributed by atoms with Gasteiger partial charge in [-0.05, 0) is 23.8 Å². The number of esters is 1. The minimum absolute atomic E-state index is 0.133. The summed E-state index contributed by atoms with van der Waals surface area (Å²) >= 11 is 0. The van der Waals surface area contributed by atoms with Crippen LogP contribution in [0.5, 0.6) is 11.5 Å². The Balaban J connectivity index is 1.87. The van der Waals surface area contributed by atoms with E-state index in [-0.39, 0.29) is 38.1 Å². The zero-order valence-electron chi connectivity index (χ0n) is 17.9. The molecule has 0 fully saturated rings. The Hall–Kier alpha value is -4.12. The van der Waals surface area contributed by atoms with Gasteiger partial charge in [0.1, 0.15) is 18.9 Å². The van der Waals surface area contributed by atoms with Crippen molar-refractivity contribution in [3.8, 4) is 17.6 Å². The van der Waals surface area contributed by atoms with Crippen molar-refractivity contribution in [2.45, 2.75) is 13.3 Å². The highest BCUT2D eigenvalue weighted by molar-refractivity contribution is 6.33. The lowest BCUT2D eigenvalue weighted by atomic mass is 10.00. The van der Waals surface area contributed by atoms with Crippen LogP contribution in [0.15, 0.2) is 59.2 Å². The number of carbonyl (C=O) groups is 2. The molecule has 164 valence electrons. The fourth-order valence-electron chi connectivity index (χ4n) is 3.10. The fourth-order valence-corrected chi connectivity index (χ4v) is 3.10. The average Bonchev–Trinajstić information content (AvgIpc) is 3.11. The first-order valence-electron chi connectivity index (χ1n) is 10.0. The third kappa shape index (κ3) is 5.52. The van der Waals surface area contributed by atoms with E-state index in [1.54, 1.807) is 24.3 Å². The van der Waals surface area contributed by atoms with Gasteiger partial charge in [0.2, 0.25) is 0 Å². The third-order valence-corrected chi connectivity index (χ3v) is 4.57. The van der Waals surface area contributed by atoms with E-state index in [9.17, 15) is 9.59 Å². The predicted molar refractivity (Wildman–Crippen MR) is 118 cm³/mol. The number of nitriles is 1. The molecule has 1 heterocycles.